The smallest absolute Gasteiger partial charge is 0.265 e. The van der Waals surface area contributed by atoms with Gasteiger partial charge in [0.25, 0.3) is 5.56 Å². The zero-order valence-electron chi connectivity index (χ0n) is 17.6. The van der Waals surface area contributed by atoms with Gasteiger partial charge in [-0.05, 0) is 43.2 Å². The van der Waals surface area contributed by atoms with Gasteiger partial charge in [-0.2, -0.15) is 0 Å². The number of ether oxygens (including phenoxy) is 1. The van der Waals surface area contributed by atoms with Crippen molar-refractivity contribution in [2.45, 2.75) is 19.3 Å². The normalized spacial score (nSPS) is 13.1. The van der Waals surface area contributed by atoms with Crippen molar-refractivity contribution in [2.75, 3.05) is 7.11 Å². The van der Waals surface area contributed by atoms with Crippen LogP contribution in [0.4, 0.5) is 4.39 Å². The number of pyridine rings is 1. The average molecular weight is 481 g/mol. The summed E-state index contributed by atoms with van der Waals surface area (Å²) in [6.45, 7) is 0. The lowest BCUT2D eigenvalue weighted by Gasteiger charge is -2.22. The van der Waals surface area contributed by atoms with E-state index >= 15 is 0 Å². The molecule has 4 aromatic rings. The predicted molar refractivity (Wildman–Crippen MR) is 127 cm³/mol. The number of methoxy groups -OCH3 is 1. The fraction of sp³-hybridized carbons (Fsp3) is 0.160. The number of aromatic nitrogens is 2. The van der Waals surface area contributed by atoms with Crippen LogP contribution in [0.3, 0.4) is 0 Å². The summed E-state index contributed by atoms with van der Waals surface area (Å²) in [5, 5.41) is 2.96. The van der Waals surface area contributed by atoms with E-state index < -0.39 is 5.82 Å². The summed E-state index contributed by atoms with van der Waals surface area (Å²) in [5.74, 6) is -0.203. The fourth-order valence-electron chi connectivity index (χ4n) is 4.09. The van der Waals surface area contributed by atoms with Gasteiger partial charge in [-0.3, -0.25) is 14.2 Å². The lowest BCUT2D eigenvalue weighted by atomic mass is 9.93. The summed E-state index contributed by atoms with van der Waals surface area (Å²) in [5.41, 5.74) is 2.78. The molecule has 0 amide bonds. The summed E-state index contributed by atoms with van der Waals surface area (Å²) < 4.78 is 21.0. The Morgan fingerprint density at radius 2 is 1.85 bits per heavy atom. The van der Waals surface area contributed by atoms with Gasteiger partial charge in [-0.25, -0.2) is 9.37 Å². The summed E-state index contributed by atoms with van der Waals surface area (Å²) >= 11 is 7.29. The maximum Gasteiger partial charge on any atom is 0.265 e. The van der Waals surface area contributed by atoms with Gasteiger partial charge < -0.3 is 4.74 Å². The SMILES string of the molecule is COc1ccc(F)cc1-n1c2c(cc(-c3nc(-c4ccc(Cl)cc4)cs3)c1=O)C(=O)CCC2. The van der Waals surface area contributed by atoms with Crippen LogP contribution in [0, 0.1) is 5.82 Å². The Labute approximate surface area is 198 Å². The van der Waals surface area contributed by atoms with E-state index in [1.165, 1.54) is 41.2 Å². The van der Waals surface area contributed by atoms with Crippen molar-refractivity contribution in [3.05, 3.63) is 86.4 Å². The minimum atomic E-state index is -0.502. The quantitative estimate of drug-likeness (QED) is 0.362. The van der Waals surface area contributed by atoms with Gasteiger partial charge in [0, 0.05) is 39.7 Å². The van der Waals surface area contributed by atoms with Crippen molar-refractivity contribution in [3.8, 4) is 33.3 Å². The first-order valence-electron chi connectivity index (χ1n) is 10.3. The second-order valence-corrected chi connectivity index (χ2v) is 8.99. The first-order chi connectivity index (χ1) is 16.0. The molecule has 2 heterocycles. The van der Waals surface area contributed by atoms with E-state index in [0.29, 0.717) is 57.6 Å². The van der Waals surface area contributed by atoms with E-state index in [1.807, 2.05) is 17.5 Å². The lowest BCUT2D eigenvalue weighted by molar-refractivity contribution is 0.0971. The highest BCUT2D eigenvalue weighted by molar-refractivity contribution is 7.13. The number of carbonyl (C=O) groups excluding carboxylic acids is 1. The van der Waals surface area contributed by atoms with Crippen LogP contribution in [0.2, 0.25) is 5.02 Å². The van der Waals surface area contributed by atoms with Gasteiger partial charge in [0.05, 0.1) is 24.1 Å². The molecule has 5 rings (SSSR count). The Balaban J connectivity index is 1.74. The molecule has 0 unspecified atom stereocenters. The van der Waals surface area contributed by atoms with Crippen LogP contribution in [0.5, 0.6) is 5.75 Å². The van der Waals surface area contributed by atoms with Crippen molar-refractivity contribution in [2.24, 2.45) is 0 Å². The van der Waals surface area contributed by atoms with Crippen LogP contribution in [-0.4, -0.2) is 22.4 Å². The van der Waals surface area contributed by atoms with Gasteiger partial charge in [-0.1, -0.05) is 23.7 Å². The number of Topliss-reactive ketones (excluding diaryl/α,β-unsaturated/α-hetero) is 1. The molecule has 0 atom stereocenters. The van der Waals surface area contributed by atoms with Crippen molar-refractivity contribution in [1.82, 2.24) is 9.55 Å². The molecule has 0 radical (unpaired) electrons. The Morgan fingerprint density at radius 1 is 1.06 bits per heavy atom. The van der Waals surface area contributed by atoms with Crippen molar-refractivity contribution < 1.29 is 13.9 Å². The van der Waals surface area contributed by atoms with E-state index in [-0.39, 0.29) is 17.0 Å². The van der Waals surface area contributed by atoms with Gasteiger partial charge >= 0.3 is 0 Å². The van der Waals surface area contributed by atoms with E-state index in [0.717, 1.165) is 5.56 Å². The molecule has 0 saturated carbocycles. The maximum atomic E-state index is 14.2. The second kappa shape index (κ2) is 8.57. The molecule has 33 heavy (non-hydrogen) atoms. The molecular formula is C25H18ClFN2O3S. The highest BCUT2D eigenvalue weighted by Gasteiger charge is 2.27. The fourth-order valence-corrected chi connectivity index (χ4v) is 5.05. The number of fused-ring (bicyclic) bond motifs is 1. The van der Waals surface area contributed by atoms with Crippen LogP contribution in [0.1, 0.15) is 28.9 Å². The molecule has 2 aromatic heterocycles. The summed E-state index contributed by atoms with van der Waals surface area (Å²) in [7, 11) is 1.46. The Kier molecular flexibility index (Phi) is 5.60. The molecule has 1 aliphatic carbocycles. The Hall–Kier alpha value is -3.29. The Morgan fingerprint density at radius 3 is 2.61 bits per heavy atom. The number of rotatable bonds is 4. The van der Waals surface area contributed by atoms with E-state index in [4.69, 9.17) is 16.3 Å². The minimum Gasteiger partial charge on any atom is -0.495 e. The molecule has 0 aliphatic heterocycles. The summed E-state index contributed by atoms with van der Waals surface area (Å²) in [4.78, 5) is 31.2. The van der Waals surface area contributed by atoms with Crippen molar-refractivity contribution in [1.29, 1.82) is 0 Å². The van der Waals surface area contributed by atoms with E-state index in [2.05, 4.69) is 4.98 Å². The minimum absolute atomic E-state index is 0.0453. The number of halogens is 2. The zero-order valence-corrected chi connectivity index (χ0v) is 19.2. The van der Waals surface area contributed by atoms with Crippen LogP contribution >= 0.6 is 22.9 Å². The average Bonchev–Trinajstić information content (AvgIpc) is 3.29. The van der Waals surface area contributed by atoms with Gasteiger partial charge in [0.1, 0.15) is 16.6 Å². The molecular weight excluding hydrogens is 463 g/mol. The lowest BCUT2D eigenvalue weighted by Crippen LogP contribution is -2.29. The van der Waals surface area contributed by atoms with Gasteiger partial charge in [0.15, 0.2) is 5.78 Å². The number of benzene rings is 2. The number of thiazole rings is 1. The number of ketones is 1. The van der Waals surface area contributed by atoms with Crippen LogP contribution < -0.4 is 10.3 Å². The van der Waals surface area contributed by atoms with Crippen LogP contribution in [-0.2, 0) is 6.42 Å². The molecule has 5 nitrogen and oxygen atoms in total. The van der Waals surface area contributed by atoms with Crippen molar-refractivity contribution >= 4 is 28.7 Å². The monoisotopic (exact) mass is 480 g/mol. The third kappa shape index (κ3) is 3.87. The first kappa shape index (κ1) is 21.6. The summed E-state index contributed by atoms with van der Waals surface area (Å²) in [6.07, 6.45) is 1.56. The topological polar surface area (TPSA) is 61.2 Å². The molecule has 0 N–H and O–H groups in total. The summed E-state index contributed by atoms with van der Waals surface area (Å²) in [6, 6.07) is 12.9. The molecule has 1 aliphatic rings. The number of hydrogen-bond donors (Lipinski definition) is 0. The standard InChI is InChI=1S/C25H18ClFN2O3S/c1-32-23-10-9-16(27)11-21(23)29-20-3-2-4-22(30)17(20)12-18(25(29)31)24-28-19(13-33-24)14-5-7-15(26)8-6-14/h5-13H,2-4H2,1H3. The third-order valence-electron chi connectivity index (χ3n) is 5.68. The van der Waals surface area contributed by atoms with E-state index in [9.17, 15) is 14.0 Å². The molecule has 0 saturated heterocycles. The maximum absolute atomic E-state index is 14.2. The molecule has 0 fully saturated rings. The Bertz CT molecular complexity index is 1440. The van der Waals surface area contributed by atoms with Gasteiger partial charge in [0.2, 0.25) is 0 Å². The molecule has 0 bridgehead atoms. The highest BCUT2D eigenvalue weighted by atomic mass is 35.5. The number of hydrogen-bond acceptors (Lipinski definition) is 5. The van der Waals surface area contributed by atoms with Crippen LogP contribution in [0.15, 0.2) is 58.7 Å². The third-order valence-corrected chi connectivity index (χ3v) is 6.80. The second-order valence-electron chi connectivity index (χ2n) is 7.70. The predicted octanol–water partition coefficient (Wildman–Crippen LogP) is 5.95. The molecule has 0 spiro atoms. The highest BCUT2D eigenvalue weighted by Crippen LogP contribution is 2.33. The van der Waals surface area contributed by atoms with Crippen molar-refractivity contribution in [3.63, 3.8) is 0 Å². The molecule has 166 valence electrons. The zero-order chi connectivity index (χ0) is 23.1. The molecule has 8 heteroatoms. The molecule has 2 aromatic carbocycles. The number of nitrogens with zero attached hydrogens (tertiary/aromatic N) is 2. The van der Waals surface area contributed by atoms with E-state index in [1.54, 1.807) is 18.2 Å². The number of carbonyl (C=O) groups is 1. The largest absolute Gasteiger partial charge is 0.495 e. The van der Waals surface area contributed by atoms with Gasteiger partial charge in [-0.15, -0.1) is 11.3 Å². The van der Waals surface area contributed by atoms with Crippen LogP contribution in [0.25, 0.3) is 27.5 Å². The first-order valence-corrected chi connectivity index (χ1v) is 11.6.